The van der Waals surface area contributed by atoms with Gasteiger partial charge in [-0.1, -0.05) is 31.4 Å². The molecule has 0 spiro atoms. The Balaban J connectivity index is 1.98. The first-order valence-corrected chi connectivity index (χ1v) is 6.07. The van der Waals surface area contributed by atoms with Crippen molar-refractivity contribution in [3.05, 3.63) is 35.4 Å². The lowest BCUT2D eigenvalue weighted by atomic mass is 9.80. The van der Waals surface area contributed by atoms with Gasteiger partial charge in [-0.05, 0) is 30.0 Å². The molecule has 1 fully saturated rings. The van der Waals surface area contributed by atoms with Crippen LogP contribution in [-0.4, -0.2) is 5.91 Å². The van der Waals surface area contributed by atoms with E-state index in [2.05, 4.69) is 5.43 Å². The van der Waals surface area contributed by atoms with Gasteiger partial charge in [0.1, 0.15) is 0 Å². The van der Waals surface area contributed by atoms with E-state index >= 15 is 0 Å². The lowest BCUT2D eigenvalue weighted by Gasteiger charge is -2.28. The monoisotopic (exact) mass is 233 g/mol. The van der Waals surface area contributed by atoms with Crippen LogP contribution in [0.1, 0.15) is 47.6 Å². The van der Waals surface area contributed by atoms with Gasteiger partial charge in [0.2, 0.25) is 0 Å². The Bertz CT molecular complexity index is 384. The van der Waals surface area contributed by atoms with Crippen LogP contribution in [0.3, 0.4) is 0 Å². The summed E-state index contributed by atoms with van der Waals surface area (Å²) in [5.74, 6) is 5.58. The molecule has 17 heavy (non-hydrogen) atoms. The first-order valence-electron chi connectivity index (χ1n) is 6.07. The van der Waals surface area contributed by atoms with Crippen molar-refractivity contribution in [3.63, 3.8) is 0 Å². The molecule has 0 bridgehead atoms. The summed E-state index contributed by atoms with van der Waals surface area (Å²) in [6, 6.07) is 7.42. The zero-order valence-corrected chi connectivity index (χ0v) is 9.86. The van der Waals surface area contributed by atoms with Gasteiger partial charge in [0, 0.05) is 11.6 Å². The lowest BCUT2D eigenvalue weighted by molar-refractivity contribution is 0.0953. The molecule has 0 heterocycles. The maximum absolute atomic E-state index is 11.3. The Labute approximate surface area is 101 Å². The van der Waals surface area contributed by atoms with E-state index < -0.39 is 0 Å². The van der Waals surface area contributed by atoms with E-state index in [1.807, 2.05) is 12.1 Å². The van der Waals surface area contributed by atoms with E-state index in [0.29, 0.717) is 5.56 Å². The fourth-order valence-electron chi connectivity index (χ4n) is 2.19. The SMILES string of the molecule is NNC(=O)c1ccc(C(N)CC2CCC2)cc1. The predicted octanol–water partition coefficient (Wildman–Crippen LogP) is 1.48. The van der Waals surface area contributed by atoms with Crippen LogP contribution in [0.25, 0.3) is 0 Å². The molecular weight excluding hydrogens is 214 g/mol. The Kier molecular flexibility index (Phi) is 3.76. The Hall–Kier alpha value is -1.39. The summed E-state index contributed by atoms with van der Waals surface area (Å²) >= 11 is 0. The average Bonchev–Trinajstić information content (AvgIpc) is 2.32. The van der Waals surface area contributed by atoms with E-state index in [0.717, 1.165) is 17.9 Å². The Morgan fingerprint density at radius 3 is 2.47 bits per heavy atom. The molecule has 5 N–H and O–H groups in total. The highest BCUT2D eigenvalue weighted by atomic mass is 16.2. The number of benzene rings is 1. The topological polar surface area (TPSA) is 81.1 Å². The van der Waals surface area contributed by atoms with E-state index in [-0.39, 0.29) is 11.9 Å². The van der Waals surface area contributed by atoms with Crippen LogP contribution < -0.4 is 17.0 Å². The van der Waals surface area contributed by atoms with Crippen LogP contribution in [0.2, 0.25) is 0 Å². The third kappa shape index (κ3) is 2.84. The van der Waals surface area contributed by atoms with Crippen LogP contribution in [0, 0.1) is 5.92 Å². The molecule has 1 aromatic carbocycles. The molecule has 0 radical (unpaired) electrons. The highest BCUT2D eigenvalue weighted by Gasteiger charge is 2.20. The summed E-state index contributed by atoms with van der Waals surface area (Å²) in [6.07, 6.45) is 5.00. The van der Waals surface area contributed by atoms with Gasteiger partial charge in [-0.15, -0.1) is 0 Å². The second-order valence-electron chi connectivity index (χ2n) is 4.73. The van der Waals surface area contributed by atoms with E-state index in [4.69, 9.17) is 11.6 Å². The standard InChI is InChI=1S/C13H19N3O/c14-12(8-9-2-1-3-9)10-4-6-11(7-5-10)13(17)16-15/h4-7,9,12H,1-3,8,14-15H2,(H,16,17). The van der Waals surface area contributed by atoms with Crippen molar-refractivity contribution in [2.24, 2.45) is 17.5 Å². The molecular formula is C13H19N3O. The van der Waals surface area contributed by atoms with Crippen molar-refractivity contribution in [2.75, 3.05) is 0 Å². The number of hydrogen-bond acceptors (Lipinski definition) is 3. The molecule has 0 aromatic heterocycles. The minimum Gasteiger partial charge on any atom is -0.324 e. The number of hydrogen-bond donors (Lipinski definition) is 3. The van der Waals surface area contributed by atoms with Gasteiger partial charge in [0.05, 0.1) is 0 Å². The molecule has 1 aromatic rings. The quantitative estimate of drug-likeness (QED) is 0.418. The first-order chi connectivity index (χ1) is 8.20. The smallest absolute Gasteiger partial charge is 0.265 e. The highest BCUT2D eigenvalue weighted by molar-refractivity contribution is 5.93. The lowest BCUT2D eigenvalue weighted by Crippen LogP contribution is -2.30. The van der Waals surface area contributed by atoms with Gasteiger partial charge in [-0.3, -0.25) is 10.2 Å². The maximum atomic E-state index is 11.3. The Morgan fingerprint density at radius 1 is 1.35 bits per heavy atom. The second kappa shape index (κ2) is 5.29. The Morgan fingerprint density at radius 2 is 2.00 bits per heavy atom. The summed E-state index contributed by atoms with van der Waals surface area (Å²) in [5.41, 5.74) is 9.90. The van der Waals surface area contributed by atoms with Gasteiger partial charge in [-0.2, -0.15) is 0 Å². The molecule has 2 rings (SSSR count). The predicted molar refractivity (Wildman–Crippen MR) is 67.0 cm³/mol. The van der Waals surface area contributed by atoms with Crippen LogP contribution in [0.4, 0.5) is 0 Å². The molecule has 1 atom stereocenters. The summed E-state index contributed by atoms with van der Waals surface area (Å²) in [5, 5.41) is 0. The number of hydrazine groups is 1. The molecule has 92 valence electrons. The molecule has 0 saturated heterocycles. The molecule has 1 saturated carbocycles. The fraction of sp³-hybridized carbons (Fsp3) is 0.462. The van der Waals surface area contributed by atoms with Crippen molar-refractivity contribution in [2.45, 2.75) is 31.7 Å². The van der Waals surface area contributed by atoms with Crippen LogP contribution in [-0.2, 0) is 0 Å². The molecule has 4 nitrogen and oxygen atoms in total. The van der Waals surface area contributed by atoms with Crippen molar-refractivity contribution >= 4 is 5.91 Å². The summed E-state index contributed by atoms with van der Waals surface area (Å²) in [4.78, 5) is 11.3. The molecule has 1 aliphatic rings. The molecule has 1 unspecified atom stereocenters. The van der Waals surface area contributed by atoms with Crippen LogP contribution in [0.15, 0.2) is 24.3 Å². The zero-order chi connectivity index (χ0) is 12.3. The number of carbonyl (C=O) groups excluding carboxylic acids is 1. The minimum absolute atomic E-state index is 0.0790. The van der Waals surface area contributed by atoms with Crippen molar-refractivity contribution in [3.8, 4) is 0 Å². The van der Waals surface area contributed by atoms with E-state index in [1.165, 1.54) is 19.3 Å². The summed E-state index contributed by atoms with van der Waals surface area (Å²) in [6.45, 7) is 0. The average molecular weight is 233 g/mol. The van der Waals surface area contributed by atoms with Gasteiger partial charge in [-0.25, -0.2) is 5.84 Å². The summed E-state index contributed by atoms with van der Waals surface area (Å²) in [7, 11) is 0. The molecule has 1 amide bonds. The van der Waals surface area contributed by atoms with Crippen molar-refractivity contribution in [1.82, 2.24) is 5.43 Å². The van der Waals surface area contributed by atoms with Gasteiger partial charge in [0.15, 0.2) is 0 Å². The van der Waals surface area contributed by atoms with E-state index in [1.54, 1.807) is 12.1 Å². The fourth-order valence-corrected chi connectivity index (χ4v) is 2.19. The van der Waals surface area contributed by atoms with Gasteiger partial charge in [0.25, 0.3) is 5.91 Å². The number of nitrogens with two attached hydrogens (primary N) is 2. The van der Waals surface area contributed by atoms with Crippen molar-refractivity contribution < 1.29 is 4.79 Å². The highest BCUT2D eigenvalue weighted by Crippen LogP contribution is 2.33. The van der Waals surface area contributed by atoms with Crippen LogP contribution in [0.5, 0.6) is 0 Å². The molecule has 0 aliphatic heterocycles. The van der Waals surface area contributed by atoms with Gasteiger partial charge < -0.3 is 5.73 Å². The number of amides is 1. The molecule has 4 heteroatoms. The van der Waals surface area contributed by atoms with Gasteiger partial charge >= 0.3 is 0 Å². The maximum Gasteiger partial charge on any atom is 0.265 e. The number of nitrogen functional groups attached to an aromatic ring is 1. The minimum atomic E-state index is -0.274. The summed E-state index contributed by atoms with van der Waals surface area (Å²) < 4.78 is 0. The second-order valence-corrected chi connectivity index (χ2v) is 4.73. The van der Waals surface area contributed by atoms with E-state index in [9.17, 15) is 4.79 Å². The largest absolute Gasteiger partial charge is 0.324 e. The number of rotatable bonds is 4. The molecule has 1 aliphatic carbocycles. The van der Waals surface area contributed by atoms with Crippen molar-refractivity contribution in [1.29, 1.82) is 0 Å². The number of carbonyl (C=O) groups is 1. The third-order valence-electron chi connectivity index (χ3n) is 3.54. The van der Waals surface area contributed by atoms with Crippen LogP contribution >= 0.6 is 0 Å². The third-order valence-corrected chi connectivity index (χ3v) is 3.54. The zero-order valence-electron chi connectivity index (χ0n) is 9.86. The normalized spacial score (nSPS) is 17.3. The first kappa shape index (κ1) is 12.1. The number of nitrogens with one attached hydrogen (secondary N) is 1.